The Morgan fingerprint density at radius 2 is 0.955 bits per heavy atom. The Hall–Kier alpha value is -5.16. The van der Waals surface area contributed by atoms with Crippen molar-refractivity contribution in [3.8, 4) is 0 Å². The number of thiophene rings is 2. The van der Waals surface area contributed by atoms with Crippen LogP contribution in [0.1, 0.15) is 0 Å². The predicted octanol–water partition coefficient (Wildman–Crippen LogP) is 12.9. The second-order valence-corrected chi connectivity index (χ2v) is 13.5. The van der Waals surface area contributed by atoms with Crippen molar-refractivity contribution in [2.24, 2.45) is 0 Å². The van der Waals surface area contributed by atoms with Crippen LogP contribution >= 0.6 is 22.7 Å². The molecule has 0 saturated carbocycles. The molecule has 0 saturated heterocycles. The molecule has 10 rings (SSSR count). The number of fused-ring (bicyclic) bond motifs is 10. The molecule has 3 aromatic heterocycles. The van der Waals surface area contributed by atoms with Gasteiger partial charge in [0.1, 0.15) is 11.2 Å². The van der Waals surface area contributed by atoms with E-state index in [1.165, 1.54) is 51.1 Å². The van der Waals surface area contributed by atoms with Gasteiger partial charge in [0.2, 0.25) is 0 Å². The van der Waals surface area contributed by atoms with Gasteiger partial charge < -0.3 is 9.32 Å². The van der Waals surface area contributed by atoms with E-state index in [1.807, 2.05) is 34.8 Å². The summed E-state index contributed by atoms with van der Waals surface area (Å²) in [6.07, 6.45) is 0. The van der Waals surface area contributed by atoms with Crippen molar-refractivity contribution in [1.82, 2.24) is 0 Å². The molecule has 0 aliphatic rings. The Kier molecular flexibility index (Phi) is 5.06. The van der Waals surface area contributed by atoms with Crippen molar-refractivity contribution in [2.45, 2.75) is 0 Å². The van der Waals surface area contributed by atoms with Crippen molar-refractivity contribution < 1.29 is 4.42 Å². The highest BCUT2D eigenvalue weighted by Crippen LogP contribution is 2.44. The van der Waals surface area contributed by atoms with E-state index >= 15 is 0 Å². The molecule has 2 nitrogen and oxygen atoms in total. The second-order valence-electron chi connectivity index (χ2n) is 11.4. The molecule has 4 heteroatoms. The number of para-hydroxylation sites is 1. The fourth-order valence-electron chi connectivity index (χ4n) is 6.75. The fourth-order valence-corrected chi connectivity index (χ4v) is 9.02. The minimum Gasteiger partial charge on any atom is -0.456 e. The van der Waals surface area contributed by atoms with Crippen LogP contribution in [-0.2, 0) is 0 Å². The summed E-state index contributed by atoms with van der Waals surface area (Å²) in [5.74, 6) is 0. The number of hydrogen-bond donors (Lipinski definition) is 0. The lowest BCUT2D eigenvalue weighted by molar-refractivity contribution is 0.669. The number of furan rings is 1. The first-order chi connectivity index (χ1) is 21.8. The summed E-state index contributed by atoms with van der Waals surface area (Å²) in [5.41, 5.74) is 5.19. The van der Waals surface area contributed by atoms with Crippen LogP contribution in [-0.4, -0.2) is 0 Å². The quantitative estimate of drug-likeness (QED) is 0.201. The van der Waals surface area contributed by atoms with E-state index in [-0.39, 0.29) is 0 Å². The standard InChI is InChI=1S/C40H23NOS2/c1-4-10-35-29(7-1)33-22-27(16-18-36(33)42-35)41(28-15-17-32-30-8-2-5-11-37(30)44-40(32)23-28)26-14-13-24-20-34-31-9-3-6-12-38(31)43-39(34)21-25(24)19-26/h1-23H. The molecule has 44 heavy (non-hydrogen) atoms. The zero-order chi connectivity index (χ0) is 28.8. The molecular weight excluding hydrogens is 575 g/mol. The van der Waals surface area contributed by atoms with E-state index in [9.17, 15) is 0 Å². The summed E-state index contributed by atoms with van der Waals surface area (Å²) >= 11 is 3.72. The third-order valence-electron chi connectivity index (χ3n) is 8.82. The van der Waals surface area contributed by atoms with Crippen molar-refractivity contribution >= 4 is 113 Å². The van der Waals surface area contributed by atoms with Gasteiger partial charge in [0.15, 0.2) is 0 Å². The van der Waals surface area contributed by atoms with Crippen LogP contribution in [0.3, 0.4) is 0 Å². The lowest BCUT2D eigenvalue weighted by Crippen LogP contribution is -2.09. The summed E-state index contributed by atoms with van der Waals surface area (Å²) < 4.78 is 11.5. The minimum absolute atomic E-state index is 0.903. The molecule has 0 atom stereocenters. The van der Waals surface area contributed by atoms with Crippen LogP contribution in [0.4, 0.5) is 17.1 Å². The highest BCUT2D eigenvalue weighted by molar-refractivity contribution is 7.26. The zero-order valence-electron chi connectivity index (χ0n) is 23.5. The lowest BCUT2D eigenvalue weighted by Gasteiger charge is -2.26. The number of benzene rings is 7. The maximum atomic E-state index is 6.20. The van der Waals surface area contributed by atoms with Gasteiger partial charge in [-0.25, -0.2) is 0 Å². The number of rotatable bonds is 3. The average molecular weight is 598 g/mol. The Morgan fingerprint density at radius 3 is 1.80 bits per heavy atom. The maximum Gasteiger partial charge on any atom is 0.135 e. The first-order valence-electron chi connectivity index (χ1n) is 14.7. The SMILES string of the molecule is c1ccc2c(c1)oc1ccc(N(c3ccc4cc5c(cc4c3)sc3ccccc35)c3ccc4c(c3)sc3ccccc34)cc12. The zero-order valence-corrected chi connectivity index (χ0v) is 25.1. The molecule has 206 valence electrons. The van der Waals surface area contributed by atoms with Crippen molar-refractivity contribution in [3.63, 3.8) is 0 Å². The van der Waals surface area contributed by atoms with E-state index in [0.29, 0.717) is 0 Å². The Labute approximate surface area is 260 Å². The minimum atomic E-state index is 0.903. The van der Waals surface area contributed by atoms with E-state index in [0.717, 1.165) is 39.0 Å². The van der Waals surface area contributed by atoms with Crippen LogP contribution in [0.2, 0.25) is 0 Å². The van der Waals surface area contributed by atoms with Crippen LogP contribution < -0.4 is 4.90 Å². The molecule has 0 aliphatic heterocycles. The molecule has 10 aromatic rings. The maximum absolute atomic E-state index is 6.20. The monoisotopic (exact) mass is 597 g/mol. The van der Waals surface area contributed by atoms with Crippen LogP contribution in [0, 0.1) is 0 Å². The average Bonchev–Trinajstić information content (AvgIpc) is 3.74. The van der Waals surface area contributed by atoms with Gasteiger partial charge in [-0.3, -0.25) is 0 Å². The summed E-state index contributed by atoms with van der Waals surface area (Å²) in [7, 11) is 0. The van der Waals surface area contributed by atoms with Crippen LogP contribution in [0.5, 0.6) is 0 Å². The summed E-state index contributed by atoms with van der Waals surface area (Å²) in [6, 6.07) is 50.7. The topological polar surface area (TPSA) is 16.4 Å². The smallest absolute Gasteiger partial charge is 0.135 e. The molecule has 7 aromatic carbocycles. The Morgan fingerprint density at radius 1 is 0.364 bits per heavy atom. The van der Waals surface area contributed by atoms with Gasteiger partial charge in [-0.2, -0.15) is 0 Å². The number of nitrogens with zero attached hydrogens (tertiary/aromatic N) is 1. The molecule has 0 spiro atoms. The molecule has 0 fully saturated rings. The molecule has 0 bridgehead atoms. The van der Waals surface area contributed by atoms with E-state index < -0.39 is 0 Å². The van der Waals surface area contributed by atoms with Crippen LogP contribution in [0.25, 0.3) is 73.1 Å². The number of anilines is 3. The third-order valence-corrected chi connectivity index (χ3v) is 11.1. The Bertz CT molecular complexity index is 2750. The van der Waals surface area contributed by atoms with Gasteiger partial charge in [0, 0.05) is 68.2 Å². The lowest BCUT2D eigenvalue weighted by atomic mass is 10.0. The first-order valence-corrected chi connectivity index (χ1v) is 16.4. The molecule has 3 heterocycles. The molecule has 0 unspecified atom stereocenters. The molecule has 0 radical (unpaired) electrons. The molecule has 0 aliphatic carbocycles. The van der Waals surface area contributed by atoms with E-state index in [1.54, 1.807) is 0 Å². The Balaban J connectivity index is 1.21. The highest BCUT2D eigenvalue weighted by Gasteiger charge is 2.18. The van der Waals surface area contributed by atoms with Crippen molar-refractivity contribution in [3.05, 3.63) is 140 Å². The second kappa shape index (κ2) is 9.17. The third kappa shape index (κ3) is 3.59. The first kappa shape index (κ1) is 24.3. The van der Waals surface area contributed by atoms with Gasteiger partial charge in [-0.15, -0.1) is 22.7 Å². The van der Waals surface area contributed by atoms with E-state index in [4.69, 9.17) is 4.42 Å². The van der Waals surface area contributed by atoms with E-state index in [2.05, 4.69) is 132 Å². The van der Waals surface area contributed by atoms with Gasteiger partial charge in [-0.1, -0.05) is 66.7 Å². The normalized spacial score (nSPS) is 12.1. The summed E-state index contributed by atoms with van der Waals surface area (Å²) in [6.45, 7) is 0. The van der Waals surface area contributed by atoms with Crippen LogP contribution in [0.15, 0.2) is 144 Å². The van der Waals surface area contributed by atoms with Crippen molar-refractivity contribution in [2.75, 3.05) is 4.90 Å². The number of hydrogen-bond acceptors (Lipinski definition) is 4. The fraction of sp³-hybridized carbons (Fsp3) is 0. The van der Waals surface area contributed by atoms with Gasteiger partial charge >= 0.3 is 0 Å². The van der Waals surface area contributed by atoms with Gasteiger partial charge in [-0.05, 0) is 83.6 Å². The summed E-state index contributed by atoms with van der Waals surface area (Å²) in [5, 5.41) is 10.0. The van der Waals surface area contributed by atoms with Gasteiger partial charge in [0.25, 0.3) is 0 Å². The largest absolute Gasteiger partial charge is 0.456 e. The summed E-state index contributed by atoms with van der Waals surface area (Å²) in [4.78, 5) is 2.39. The predicted molar refractivity (Wildman–Crippen MR) is 192 cm³/mol. The molecule has 0 amide bonds. The van der Waals surface area contributed by atoms with Crippen molar-refractivity contribution in [1.29, 1.82) is 0 Å². The molecular formula is C40H23NOS2. The van der Waals surface area contributed by atoms with Gasteiger partial charge in [0.05, 0.1) is 0 Å². The highest BCUT2D eigenvalue weighted by atomic mass is 32.1. The molecule has 0 N–H and O–H groups in total.